The molecule has 6 rings (SSSR count). The van der Waals surface area contributed by atoms with E-state index in [0.29, 0.717) is 16.9 Å². The van der Waals surface area contributed by atoms with E-state index < -0.39 is 82.9 Å². The Balaban J connectivity index is 1.24. The Bertz CT molecular complexity index is 3320. The maximum Gasteiger partial charge on any atom is 0.296 e. The summed E-state index contributed by atoms with van der Waals surface area (Å²) in [5, 5.41) is 44.6. The maximum atomic E-state index is 12.2. The Morgan fingerprint density at radius 2 is 0.831 bits per heavy atom. The average molecular weight is 887 g/mol. The number of nitrogen functional groups attached to an aromatic ring is 2. The first kappa shape index (κ1) is 42.1. The highest BCUT2D eigenvalue weighted by Gasteiger charge is 2.26. The van der Waals surface area contributed by atoms with Gasteiger partial charge >= 0.3 is 0 Å². The van der Waals surface area contributed by atoms with Gasteiger partial charge in [0.15, 0.2) is 11.5 Å². The van der Waals surface area contributed by atoms with E-state index in [1.807, 2.05) is 0 Å². The second-order valence-electron chi connectivity index (χ2n) is 12.4. The van der Waals surface area contributed by atoms with Gasteiger partial charge in [0, 0.05) is 22.1 Å². The number of rotatable bonds is 10. The van der Waals surface area contributed by atoms with Gasteiger partial charge in [0.25, 0.3) is 40.5 Å². The predicted octanol–water partition coefficient (Wildman–Crippen LogP) is 7.11. The van der Waals surface area contributed by atoms with Gasteiger partial charge in [0.05, 0.1) is 32.5 Å². The largest absolute Gasteiger partial charge is 0.505 e. The number of phenolic OH excluding ortho intramolecular Hbond substituents is 2. The number of nitrogens with zero attached hydrogens (tertiary/aromatic N) is 6. The number of benzene rings is 6. The van der Waals surface area contributed by atoms with Crippen LogP contribution in [0.3, 0.4) is 0 Å². The van der Waals surface area contributed by atoms with E-state index in [2.05, 4.69) is 30.7 Å². The zero-order valence-electron chi connectivity index (χ0n) is 29.4. The number of aromatic hydroxyl groups is 2. The molecule has 0 unspecified atom stereocenters. The maximum absolute atomic E-state index is 12.2. The average Bonchev–Trinajstić information content (AvgIpc) is 3.12. The van der Waals surface area contributed by atoms with Crippen LogP contribution in [0.4, 0.5) is 45.5 Å². The smallest absolute Gasteiger partial charge is 0.296 e. The summed E-state index contributed by atoms with van der Waals surface area (Å²) >= 11 is 0. The van der Waals surface area contributed by atoms with Crippen LogP contribution in [0.15, 0.2) is 129 Å². The van der Waals surface area contributed by atoms with Crippen molar-refractivity contribution in [3.63, 3.8) is 0 Å². The van der Waals surface area contributed by atoms with Crippen LogP contribution >= 0.6 is 0 Å². The van der Waals surface area contributed by atoms with Crippen molar-refractivity contribution in [2.45, 2.75) is 26.5 Å². The van der Waals surface area contributed by atoms with Crippen molar-refractivity contribution in [1.29, 1.82) is 0 Å². The van der Waals surface area contributed by atoms with Crippen LogP contribution in [-0.4, -0.2) is 62.1 Å². The third-order valence-corrected chi connectivity index (χ3v) is 11.7. The topological polar surface area (TPSA) is 384 Å². The van der Waals surface area contributed by atoms with E-state index in [4.69, 9.17) is 11.5 Å². The lowest BCUT2D eigenvalue weighted by molar-refractivity contribution is 0.471. The first-order chi connectivity index (χ1) is 27.3. The normalized spacial score (nSPS) is 13.1. The number of nitrogens with two attached hydrogens (primary N) is 2. The lowest BCUT2D eigenvalue weighted by atomic mass is 10.1. The highest BCUT2D eigenvalue weighted by Crippen LogP contribution is 2.46. The Labute approximate surface area is 332 Å². The summed E-state index contributed by atoms with van der Waals surface area (Å²) in [5.41, 5.74) is 10.9. The lowest BCUT2D eigenvalue weighted by Crippen LogP contribution is -2.02. The van der Waals surface area contributed by atoms with Crippen LogP contribution in [0.25, 0.3) is 21.5 Å². The van der Waals surface area contributed by atoms with Crippen LogP contribution in [0.2, 0.25) is 0 Å². The van der Waals surface area contributed by atoms with Crippen molar-refractivity contribution >= 4 is 108 Å². The first-order valence-corrected chi connectivity index (χ1v) is 21.6. The molecule has 0 aliphatic heterocycles. The molecular formula is C33H26N8O14S4. The summed E-state index contributed by atoms with van der Waals surface area (Å²) < 4.78 is 134. The van der Waals surface area contributed by atoms with Crippen molar-refractivity contribution < 1.29 is 62.1 Å². The number of phenols is 2. The number of fused-ring (bicyclic) bond motifs is 2. The van der Waals surface area contributed by atoms with Crippen molar-refractivity contribution in [2.75, 3.05) is 11.5 Å². The molecule has 0 heterocycles. The van der Waals surface area contributed by atoms with Crippen LogP contribution in [0.1, 0.15) is 5.56 Å². The second-order valence-corrected chi connectivity index (χ2v) is 18.0. The van der Waals surface area contributed by atoms with Crippen LogP contribution in [0, 0.1) is 6.92 Å². The minimum Gasteiger partial charge on any atom is -0.505 e. The van der Waals surface area contributed by atoms with Gasteiger partial charge in [-0.1, -0.05) is 0 Å². The third kappa shape index (κ3) is 8.83. The minimum absolute atomic E-state index is 0.116. The molecule has 306 valence electrons. The predicted molar refractivity (Wildman–Crippen MR) is 209 cm³/mol. The Hall–Kier alpha value is -6.52. The number of anilines is 2. The molecule has 26 heteroatoms. The summed E-state index contributed by atoms with van der Waals surface area (Å²) in [7, 11) is -19.7. The van der Waals surface area contributed by atoms with Crippen LogP contribution in [-0.2, 0) is 40.5 Å². The zero-order valence-corrected chi connectivity index (χ0v) is 32.7. The molecule has 6 aromatic carbocycles. The van der Waals surface area contributed by atoms with Gasteiger partial charge < -0.3 is 21.7 Å². The monoisotopic (exact) mass is 886 g/mol. The molecule has 0 saturated carbocycles. The molecule has 0 aliphatic carbocycles. The van der Waals surface area contributed by atoms with Gasteiger partial charge in [-0.25, -0.2) is 0 Å². The highest BCUT2D eigenvalue weighted by molar-refractivity contribution is 7.86. The molecule has 0 aliphatic rings. The van der Waals surface area contributed by atoms with E-state index in [1.54, 1.807) is 6.92 Å². The van der Waals surface area contributed by atoms with Gasteiger partial charge in [-0.15, -0.1) is 10.2 Å². The standard InChI is InChI=1S/C33H26N8O14S4/c1-15-8-20(6-7-25(15)39-41-31-27(59(53,54)55)12-17-10-22(57(47,48)49)14-24(35)29(17)33(31)43)38-36-18-2-4-19(5-3-18)37-40-30-26(58(50,51)52)11-16-9-21(56(44,45)46)13-23(34)28(16)32(30)42/h2-14,42-43H,34-35H2,1H3,(H,44,45,46)(H,47,48,49)(H,50,51,52)(H,53,54,55). The molecule has 0 atom stereocenters. The molecule has 22 nitrogen and oxygen atoms in total. The summed E-state index contributed by atoms with van der Waals surface area (Å²) in [6, 6.07) is 15.0. The van der Waals surface area contributed by atoms with Crippen molar-refractivity contribution in [1.82, 2.24) is 0 Å². The van der Waals surface area contributed by atoms with Gasteiger partial charge in [0.1, 0.15) is 21.2 Å². The van der Waals surface area contributed by atoms with Gasteiger partial charge in [-0.2, -0.15) is 54.1 Å². The van der Waals surface area contributed by atoms with Gasteiger partial charge in [-0.3, -0.25) is 18.2 Å². The molecular weight excluding hydrogens is 861 g/mol. The molecule has 0 amide bonds. The van der Waals surface area contributed by atoms with E-state index in [0.717, 1.165) is 36.4 Å². The summed E-state index contributed by atoms with van der Waals surface area (Å²) in [6.45, 7) is 1.60. The van der Waals surface area contributed by atoms with Crippen LogP contribution in [0.5, 0.6) is 11.5 Å². The highest BCUT2D eigenvalue weighted by atomic mass is 32.2. The molecule has 6 aromatic rings. The lowest BCUT2D eigenvalue weighted by Gasteiger charge is -2.12. The quantitative estimate of drug-likeness (QED) is 0.0386. The molecule has 0 saturated heterocycles. The molecule has 0 radical (unpaired) electrons. The van der Waals surface area contributed by atoms with Crippen molar-refractivity contribution in [3.05, 3.63) is 84.4 Å². The van der Waals surface area contributed by atoms with E-state index in [9.17, 15) is 62.1 Å². The summed E-state index contributed by atoms with van der Waals surface area (Å²) in [6.07, 6.45) is 0. The molecule has 0 bridgehead atoms. The van der Waals surface area contributed by atoms with Crippen molar-refractivity contribution in [3.8, 4) is 11.5 Å². The summed E-state index contributed by atoms with van der Waals surface area (Å²) in [4.78, 5) is -3.27. The molecule has 0 aromatic heterocycles. The number of azo groups is 3. The van der Waals surface area contributed by atoms with Crippen molar-refractivity contribution in [2.24, 2.45) is 30.7 Å². The second kappa shape index (κ2) is 15.0. The van der Waals surface area contributed by atoms with Gasteiger partial charge in [0.2, 0.25) is 0 Å². The van der Waals surface area contributed by atoms with E-state index in [-0.39, 0.29) is 44.3 Å². The minimum atomic E-state index is -5.08. The third-order valence-electron chi connectivity index (χ3n) is 8.29. The number of hydrogen-bond acceptors (Lipinski definition) is 18. The first-order valence-electron chi connectivity index (χ1n) is 15.9. The fourth-order valence-electron chi connectivity index (χ4n) is 5.59. The Morgan fingerprint density at radius 1 is 0.458 bits per heavy atom. The van der Waals surface area contributed by atoms with Gasteiger partial charge in [-0.05, 0) is 102 Å². The fraction of sp³-hybridized carbons (Fsp3) is 0.0303. The summed E-state index contributed by atoms with van der Waals surface area (Å²) in [5.74, 6) is -1.71. The van der Waals surface area contributed by atoms with E-state index >= 15 is 0 Å². The van der Waals surface area contributed by atoms with Crippen LogP contribution < -0.4 is 11.5 Å². The molecule has 0 fully saturated rings. The van der Waals surface area contributed by atoms with E-state index in [1.165, 1.54) is 42.5 Å². The SMILES string of the molecule is Cc1cc(N=Nc2ccc(N=Nc3c(S(=O)(=O)O)cc4cc(S(=O)(=O)O)cc(N)c4c3O)cc2)ccc1N=Nc1c(S(=O)(=O)O)cc2cc(S(=O)(=O)O)cc(N)c2c1O. The molecule has 0 spiro atoms. The Morgan fingerprint density at radius 3 is 1.22 bits per heavy atom. The molecule has 59 heavy (non-hydrogen) atoms. The molecule has 10 N–H and O–H groups in total. The fourth-order valence-corrected chi connectivity index (χ4v) is 8.01. The zero-order chi connectivity index (χ0) is 43.4. The Kier molecular flexibility index (Phi) is 10.7. The number of hydrogen-bond donors (Lipinski definition) is 8. The number of aryl methyl sites for hydroxylation is 1.